The molecule has 0 aliphatic heterocycles. The van der Waals surface area contributed by atoms with E-state index in [0.717, 1.165) is 5.69 Å². The minimum atomic E-state index is -3.56. The molecule has 0 aliphatic carbocycles. The predicted octanol–water partition coefficient (Wildman–Crippen LogP) is 1.55. The molecule has 1 atom stereocenters. The van der Waals surface area contributed by atoms with E-state index in [1.54, 1.807) is 24.0 Å². The van der Waals surface area contributed by atoms with Gasteiger partial charge in [-0.25, -0.2) is 0 Å². The monoisotopic (exact) mass is 224 g/mol. The van der Waals surface area contributed by atoms with Gasteiger partial charge in [0, 0.05) is 18.9 Å². The number of rotatable bonds is 4. The number of halogens is 3. The average Bonchev–Trinajstić information content (AvgIpc) is 2.45. The topological polar surface area (TPSA) is 38.0 Å². The fraction of sp³-hybridized carbons (Fsp3) is 0.625. The van der Waals surface area contributed by atoms with Crippen molar-refractivity contribution < 1.29 is 13.9 Å². The van der Waals surface area contributed by atoms with Gasteiger partial charge in [0.25, 0.3) is 0 Å². The second kappa shape index (κ2) is 4.23. The van der Waals surface area contributed by atoms with E-state index in [2.05, 4.69) is 16.7 Å². The highest BCUT2D eigenvalue weighted by atomic mass is 35.5. The summed E-state index contributed by atoms with van der Waals surface area (Å²) in [6.45, 7) is 0. The van der Waals surface area contributed by atoms with Crippen LogP contribution >= 0.6 is 11.6 Å². The molecule has 0 aliphatic rings. The fourth-order valence-electron chi connectivity index (χ4n) is 1.09. The molecule has 1 aromatic heterocycles. The predicted molar refractivity (Wildman–Crippen MR) is 48.3 cm³/mol. The van der Waals surface area contributed by atoms with Gasteiger partial charge in [-0.15, -0.1) is 0 Å². The number of aromatic nitrogens is 2. The van der Waals surface area contributed by atoms with Crippen molar-refractivity contribution in [2.75, 3.05) is 0 Å². The lowest BCUT2D eigenvalue weighted by Gasteiger charge is -2.15. The lowest BCUT2D eigenvalue weighted by Crippen LogP contribution is -2.27. The summed E-state index contributed by atoms with van der Waals surface area (Å²) in [5.41, 5.74) is 0.782. The van der Waals surface area contributed by atoms with Gasteiger partial charge in [-0.2, -0.15) is 13.9 Å². The van der Waals surface area contributed by atoms with Crippen LogP contribution in [0.3, 0.4) is 0 Å². The maximum atomic E-state index is 12.3. The third-order valence-electron chi connectivity index (χ3n) is 1.97. The van der Waals surface area contributed by atoms with Crippen LogP contribution in [0.25, 0.3) is 0 Å². The molecule has 0 amide bonds. The second-order valence-electron chi connectivity index (χ2n) is 3.04. The Morgan fingerprint density at radius 2 is 2.36 bits per heavy atom. The Morgan fingerprint density at radius 1 is 1.71 bits per heavy atom. The summed E-state index contributed by atoms with van der Waals surface area (Å²) >= 11 is 4.66. The van der Waals surface area contributed by atoms with Crippen molar-refractivity contribution in [3.8, 4) is 0 Å². The molecule has 1 rings (SSSR count). The van der Waals surface area contributed by atoms with E-state index in [-0.39, 0.29) is 6.42 Å². The maximum Gasteiger partial charge on any atom is 0.347 e. The Balaban J connectivity index is 2.46. The van der Waals surface area contributed by atoms with Crippen molar-refractivity contribution in [2.45, 2.75) is 24.3 Å². The van der Waals surface area contributed by atoms with Crippen LogP contribution in [0.15, 0.2) is 12.3 Å². The van der Waals surface area contributed by atoms with E-state index in [0.29, 0.717) is 6.42 Å². The van der Waals surface area contributed by atoms with E-state index >= 15 is 0 Å². The lowest BCUT2D eigenvalue weighted by molar-refractivity contribution is -0.0441. The van der Waals surface area contributed by atoms with Crippen LogP contribution in [0.2, 0.25) is 0 Å². The molecule has 0 spiro atoms. The number of aryl methyl sites for hydroxylation is 2. The van der Waals surface area contributed by atoms with Crippen LogP contribution in [0.1, 0.15) is 12.1 Å². The summed E-state index contributed by atoms with van der Waals surface area (Å²) in [6, 6.07) is 1.71. The van der Waals surface area contributed by atoms with Gasteiger partial charge >= 0.3 is 5.38 Å². The van der Waals surface area contributed by atoms with E-state index < -0.39 is 11.5 Å². The highest BCUT2D eigenvalue weighted by molar-refractivity contribution is 6.22. The molecule has 0 saturated carbocycles. The van der Waals surface area contributed by atoms with Crippen LogP contribution in [0.5, 0.6) is 0 Å². The number of aliphatic hydroxyl groups excluding tert-OH is 1. The zero-order chi connectivity index (χ0) is 10.8. The van der Waals surface area contributed by atoms with Gasteiger partial charge in [-0.3, -0.25) is 4.68 Å². The average molecular weight is 225 g/mol. The first-order valence-electron chi connectivity index (χ1n) is 4.13. The van der Waals surface area contributed by atoms with Crippen LogP contribution in [-0.2, 0) is 13.5 Å². The third-order valence-corrected chi connectivity index (χ3v) is 2.23. The Morgan fingerprint density at radius 3 is 2.79 bits per heavy atom. The molecule has 0 radical (unpaired) electrons. The smallest absolute Gasteiger partial charge is 0.347 e. The summed E-state index contributed by atoms with van der Waals surface area (Å²) < 4.78 is 26.2. The van der Waals surface area contributed by atoms with Gasteiger partial charge in [0.1, 0.15) is 6.10 Å². The molecule has 1 heterocycles. The molecule has 1 N–H and O–H groups in total. The Labute approximate surface area is 85.3 Å². The van der Waals surface area contributed by atoms with Crippen molar-refractivity contribution in [3.05, 3.63) is 18.0 Å². The number of hydrogen-bond donors (Lipinski definition) is 1. The molecule has 0 saturated heterocycles. The number of alkyl halides is 3. The summed E-state index contributed by atoms with van der Waals surface area (Å²) in [7, 11) is 1.71. The van der Waals surface area contributed by atoms with Crippen LogP contribution in [-0.4, -0.2) is 26.4 Å². The van der Waals surface area contributed by atoms with Crippen LogP contribution in [0, 0.1) is 0 Å². The Kier molecular flexibility index (Phi) is 3.44. The molecule has 0 aromatic carbocycles. The summed E-state index contributed by atoms with van der Waals surface area (Å²) in [4.78, 5) is 0. The summed E-state index contributed by atoms with van der Waals surface area (Å²) in [6.07, 6.45) is -0.0182. The van der Waals surface area contributed by atoms with E-state index in [9.17, 15) is 8.78 Å². The fourth-order valence-corrected chi connectivity index (χ4v) is 1.20. The molecule has 1 aromatic rings. The van der Waals surface area contributed by atoms with Gasteiger partial charge in [-0.05, 0) is 30.5 Å². The van der Waals surface area contributed by atoms with Crippen molar-refractivity contribution in [2.24, 2.45) is 7.05 Å². The van der Waals surface area contributed by atoms with Gasteiger partial charge in [-0.1, -0.05) is 0 Å². The molecular formula is C8H11ClF2N2O. The first-order chi connectivity index (χ1) is 6.41. The number of aliphatic hydroxyl groups is 1. The van der Waals surface area contributed by atoms with E-state index in [4.69, 9.17) is 5.11 Å². The zero-order valence-electron chi connectivity index (χ0n) is 7.62. The molecule has 1 unspecified atom stereocenters. The molecule has 14 heavy (non-hydrogen) atoms. The van der Waals surface area contributed by atoms with E-state index in [1.807, 2.05) is 0 Å². The normalized spacial score (nSPS) is 14.4. The summed E-state index contributed by atoms with van der Waals surface area (Å²) in [5, 5.41) is 9.28. The second-order valence-corrected chi connectivity index (χ2v) is 3.55. The van der Waals surface area contributed by atoms with Crippen LogP contribution in [0.4, 0.5) is 8.78 Å². The molecular weight excluding hydrogens is 214 g/mol. The van der Waals surface area contributed by atoms with Gasteiger partial charge in [0.05, 0.1) is 0 Å². The SMILES string of the molecule is Cn1nccc1CCC(O)C(F)(F)Cl. The largest absolute Gasteiger partial charge is 0.385 e. The quantitative estimate of drug-likeness (QED) is 0.788. The van der Waals surface area contributed by atoms with Gasteiger partial charge in [0.15, 0.2) is 0 Å². The minimum absolute atomic E-state index is 0.0873. The zero-order valence-corrected chi connectivity index (χ0v) is 8.38. The van der Waals surface area contributed by atoms with Crippen molar-refractivity contribution in [1.82, 2.24) is 9.78 Å². The van der Waals surface area contributed by atoms with Gasteiger partial charge < -0.3 is 5.11 Å². The third kappa shape index (κ3) is 2.92. The number of nitrogens with zero attached hydrogens (tertiary/aromatic N) is 2. The van der Waals surface area contributed by atoms with Crippen LogP contribution < -0.4 is 0 Å². The highest BCUT2D eigenvalue weighted by Crippen LogP contribution is 2.26. The van der Waals surface area contributed by atoms with Crippen molar-refractivity contribution in [1.29, 1.82) is 0 Å². The molecule has 0 bridgehead atoms. The minimum Gasteiger partial charge on any atom is -0.385 e. The lowest BCUT2D eigenvalue weighted by atomic mass is 10.1. The first kappa shape index (κ1) is 11.4. The molecule has 0 fully saturated rings. The first-order valence-corrected chi connectivity index (χ1v) is 4.50. The van der Waals surface area contributed by atoms with Crippen molar-refractivity contribution in [3.63, 3.8) is 0 Å². The van der Waals surface area contributed by atoms with Crippen molar-refractivity contribution >= 4 is 11.6 Å². The molecule has 3 nitrogen and oxygen atoms in total. The molecule has 6 heteroatoms. The standard InChI is InChI=1S/C8H11ClF2N2O/c1-13-6(4-5-12-13)2-3-7(14)8(9,10)11/h4-5,7,14H,2-3H2,1H3. The summed E-state index contributed by atoms with van der Waals surface area (Å²) in [5.74, 6) is 0. The van der Waals surface area contributed by atoms with E-state index in [1.165, 1.54) is 0 Å². The highest BCUT2D eigenvalue weighted by Gasteiger charge is 2.35. The maximum absolute atomic E-state index is 12.3. The Bertz CT molecular complexity index is 298. The van der Waals surface area contributed by atoms with Gasteiger partial charge in [0.2, 0.25) is 0 Å². The number of hydrogen-bond acceptors (Lipinski definition) is 2. The molecule has 80 valence electrons. The Hall–Kier alpha value is -0.680.